The fourth-order valence-electron chi connectivity index (χ4n) is 1.75. The molecule has 0 bridgehead atoms. The summed E-state index contributed by atoms with van der Waals surface area (Å²) >= 11 is 4.01. The van der Waals surface area contributed by atoms with Gasteiger partial charge in [0.05, 0.1) is 6.26 Å². The summed E-state index contributed by atoms with van der Waals surface area (Å²) in [6.45, 7) is 0.635. The normalized spacial score (nSPS) is 10.6. The second kappa shape index (κ2) is 5.77. The number of thiol groups is 1. The van der Waals surface area contributed by atoms with Gasteiger partial charge in [-0.25, -0.2) is 0 Å². The fraction of sp³-hybridized carbons (Fsp3) is 0.308. The van der Waals surface area contributed by atoms with Crippen molar-refractivity contribution in [2.75, 3.05) is 12.3 Å². The molecule has 90 valence electrons. The molecule has 0 spiro atoms. The van der Waals surface area contributed by atoms with Gasteiger partial charge in [-0.2, -0.15) is 12.6 Å². The first-order chi connectivity index (χ1) is 8.31. The van der Waals surface area contributed by atoms with Crippen molar-refractivity contribution in [1.82, 2.24) is 5.32 Å². The van der Waals surface area contributed by atoms with Crippen LogP contribution in [0.1, 0.15) is 12.0 Å². The summed E-state index contributed by atoms with van der Waals surface area (Å²) in [5, 5.41) is 3.98. The molecule has 4 heteroatoms. The molecule has 1 aromatic heterocycles. The van der Waals surface area contributed by atoms with Crippen molar-refractivity contribution in [3.63, 3.8) is 0 Å². The molecular formula is C13H15NO2S. The van der Waals surface area contributed by atoms with Crippen molar-refractivity contribution in [2.45, 2.75) is 12.8 Å². The summed E-state index contributed by atoms with van der Waals surface area (Å²) in [5.41, 5.74) is 2.02. The van der Waals surface area contributed by atoms with Gasteiger partial charge < -0.3 is 9.73 Å². The minimum Gasteiger partial charge on any atom is -0.464 e. The zero-order valence-electron chi connectivity index (χ0n) is 9.48. The average Bonchev–Trinajstić information content (AvgIpc) is 2.73. The van der Waals surface area contributed by atoms with Gasteiger partial charge in [0.1, 0.15) is 5.58 Å². The van der Waals surface area contributed by atoms with E-state index in [4.69, 9.17) is 4.42 Å². The van der Waals surface area contributed by atoms with Gasteiger partial charge in [0.25, 0.3) is 0 Å². The Balaban J connectivity index is 1.93. The van der Waals surface area contributed by atoms with Crippen molar-refractivity contribution in [2.24, 2.45) is 0 Å². The summed E-state index contributed by atoms with van der Waals surface area (Å²) in [6, 6.07) is 7.91. The molecular weight excluding hydrogens is 234 g/mol. The highest BCUT2D eigenvalue weighted by Gasteiger charge is 2.05. The molecule has 2 rings (SSSR count). The Hall–Kier alpha value is -1.42. The predicted octanol–water partition coefficient (Wildman–Crippen LogP) is 2.41. The zero-order valence-corrected chi connectivity index (χ0v) is 10.4. The summed E-state index contributed by atoms with van der Waals surface area (Å²) in [4.78, 5) is 11.3. The molecule has 1 N–H and O–H groups in total. The number of fused-ring (bicyclic) bond motifs is 1. The first kappa shape index (κ1) is 12.0. The Morgan fingerprint density at radius 2 is 2.18 bits per heavy atom. The molecule has 0 saturated heterocycles. The van der Waals surface area contributed by atoms with E-state index in [2.05, 4.69) is 17.9 Å². The molecule has 1 aromatic carbocycles. The van der Waals surface area contributed by atoms with E-state index >= 15 is 0 Å². The molecule has 0 aliphatic carbocycles. The number of benzene rings is 1. The molecule has 0 atom stereocenters. The maximum atomic E-state index is 11.3. The zero-order chi connectivity index (χ0) is 12.1. The Kier molecular flexibility index (Phi) is 4.09. The van der Waals surface area contributed by atoms with Crippen molar-refractivity contribution in [1.29, 1.82) is 0 Å². The van der Waals surface area contributed by atoms with Crippen LogP contribution in [0.5, 0.6) is 0 Å². The molecule has 2 aromatic rings. The molecule has 0 aliphatic heterocycles. The Morgan fingerprint density at radius 1 is 1.35 bits per heavy atom. The van der Waals surface area contributed by atoms with Gasteiger partial charge in [-0.05, 0) is 23.8 Å². The van der Waals surface area contributed by atoms with E-state index in [9.17, 15) is 4.79 Å². The molecule has 0 aliphatic rings. The minimum atomic E-state index is 0.0489. The van der Waals surface area contributed by atoms with Crippen LogP contribution in [0, 0.1) is 0 Å². The van der Waals surface area contributed by atoms with Crippen LogP contribution in [-0.4, -0.2) is 18.2 Å². The van der Waals surface area contributed by atoms with Gasteiger partial charge >= 0.3 is 0 Å². The van der Waals surface area contributed by atoms with E-state index in [1.165, 1.54) is 0 Å². The first-order valence-corrected chi connectivity index (χ1v) is 6.27. The third kappa shape index (κ3) is 3.03. The molecule has 1 amide bonds. The van der Waals surface area contributed by atoms with Gasteiger partial charge in [-0.15, -0.1) is 0 Å². The molecule has 17 heavy (non-hydrogen) atoms. The lowest BCUT2D eigenvalue weighted by molar-refractivity contribution is -0.120. The highest BCUT2D eigenvalue weighted by Crippen LogP contribution is 2.20. The first-order valence-electron chi connectivity index (χ1n) is 5.64. The van der Waals surface area contributed by atoms with E-state index in [-0.39, 0.29) is 5.91 Å². The predicted molar refractivity (Wildman–Crippen MR) is 71.4 cm³/mol. The smallest absolute Gasteiger partial charge is 0.220 e. The Bertz CT molecular complexity index is 507. The van der Waals surface area contributed by atoms with Gasteiger partial charge in [0.2, 0.25) is 5.91 Å². The molecule has 0 radical (unpaired) electrons. The number of hydrogen-bond acceptors (Lipinski definition) is 3. The van der Waals surface area contributed by atoms with Crippen molar-refractivity contribution >= 4 is 29.5 Å². The Morgan fingerprint density at radius 3 is 3.00 bits per heavy atom. The van der Waals surface area contributed by atoms with E-state index in [1.807, 2.05) is 24.3 Å². The molecule has 0 unspecified atom stereocenters. The molecule has 0 fully saturated rings. The average molecular weight is 249 g/mol. The van der Waals surface area contributed by atoms with Crippen LogP contribution in [0.4, 0.5) is 0 Å². The van der Waals surface area contributed by atoms with Crippen LogP contribution >= 0.6 is 12.6 Å². The molecule has 1 heterocycles. The highest BCUT2D eigenvalue weighted by atomic mass is 32.1. The van der Waals surface area contributed by atoms with Crippen LogP contribution in [0.3, 0.4) is 0 Å². The van der Waals surface area contributed by atoms with Crippen LogP contribution in [0.15, 0.2) is 34.9 Å². The number of para-hydroxylation sites is 1. The van der Waals surface area contributed by atoms with Crippen molar-refractivity contribution < 1.29 is 9.21 Å². The van der Waals surface area contributed by atoms with E-state index in [0.29, 0.717) is 18.7 Å². The van der Waals surface area contributed by atoms with Crippen LogP contribution in [0.2, 0.25) is 0 Å². The van der Waals surface area contributed by atoms with E-state index in [0.717, 1.165) is 23.0 Å². The third-order valence-corrected chi connectivity index (χ3v) is 2.84. The van der Waals surface area contributed by atoms with Gasteiger partial charge in [-0.1, -0.05) is 18.2 Å². The van der Waals surface area contributed by atoms with Crippen molar-refractivity contribution in [3.05, 3.63) is 36.1 Å². The number of furan rings is 1. The van der Waals surface area contributed by atoms with Crippen molar-refractivity contribution in [3.8, 4) is 0 Å². The van der Waals surface area contributed by atoms with Gasteiger partial charge in [0.15, 0.2) is 0 Å². The lowest BCUT2D eigenvalue weighted by Gasteiger charge is -2.02. The van der Waals surface area contributed by atoms with Gasteiger partial charge in [0, 0.05) is 18.4 Å². The standard InChI is InChI=1S/C13H15NO2S/c15-13(6-8-17)14-7-5-10-9-16-12-4-2-1-3-11(10)12/h1-4,9,17H,5-8H2,(H,14,15). The lowest BCUT2D eigenvalue weighted by Crippen LogP contribution is -2.25. The second-order valence-corrected chi connectivity index (χ2v) is 4.28. The van der Waals surface area contributed by atoms with Crippen LogP contribution in [-0.2, 0) is 11.2 Å². The topological polar surface area (TPSA) is 42.2 Å². The Labute approximate surface area is 106 Å². The highest BCUT2D eigenvalue weighted by molar-refractivity contribution is 7.80. The van der Waals surface area contributed by atoms with Crippen LogP contribution < -0.4 is 5.32 Å². The second-order valence-electron chi connectivity index (χ2n) is 3.83. The maximum absolute atomic E-state index is 11.3. The monoisotopic (exact) mass is 249 g/mol. The molecule has 3 nitrogen and oxygen atoms in total. The maximum Gasteiger partial charge on any atom is 0.220 e. The summed E-state index contributed by atoms with van der Waals surface area (Å²) in [5.74, 6) is 0.633. The lowest BCUT2D eigenvalue weighted by atomic mass is 10.1. The summed E-state index contributed by atoms with van der Waals surface area (Å²) in [6.07, 6.45) is 3.01. The van der Waals surface area contributed by atoms with Crippen LogP contribution in [0.25, 0.3) is 11.0 Å². The largest absolute Gasteiger partial charge is 0.464 e. The fourth-order valence-corrected chi connectivity index (χ4v) is 1.96. The number of rotatable bonds is 5. The summed E-state index contributed by atoms with van der Waals surface area (Å²) < 4.78 is 5.43. The number of nitrogens with one attached hydrogen (secondary N) is 1. The SMILES string of the molecule is O=C(CCS)NCCc1coc2ccccc12. The van der Waals surface area contributed by atoms with Gasteiger partial charge in [-0.3, -0.25) is 4.79 Å². The number of hydrogen-bond donors (Lipinski definition) is 2. The summed E-state index contributed by atoms with van der Waals surface area (Å²) in [7, 11) is 0. The van der Waals surface area contributed by atoms with E-state index in [1.54, 1.807) is 6.26 Å². The third-order valence-electron chi connectivity index (χ3n) is 2.62. The number of carbonyl (C=O) groups excluding carboxylic acids is 1. The number of carbonyl (C=O) groups is 1. The quantitative estimate of drug-likeness (QED) is 0.799. The number of amides is 1. The van der Waals surface area contributed by atoms with E-state index < -0.39 is 0 Å². The molecule has 0 saturated carbocycles. The minimum absolute atomic E-state index is 0.0489.